The SMILES string of the molecule is COc1ccc(C(Nc2ccn(C3CC=C(CO)CC3)c(=O)n2)(c2ccccc2)c2ccccc2)cc1. The lowest BCUT2D eigenvalue weighted by molar-refractivity contribution is 0.314. The molecule has 1 heterocycles. The maximum Gasteiger partial charge on any atom is 0.349 e. The van der Waals surface area contributed by atoms with E-state index in [9.17, 15) is 9.90 Å². The Labute approximate surface area is 216 Å². The van der Waals surface area contributed by atoms with Crippen molar-refractivity contribution in [1.82, 2.24) is 9.55 Å². The Morgan fingerprint density at radius 1 is 0.946 bits per heavy atom. The van der Waals surface area contributed by atoms with Crippen molar-refractivity contribution in [3.05, 3.63) is 136 Å². The summed E-state index contributed by atoms with van der Waals surface area (Å²) in [6.45, 7) is 0.0785. The second kappa shape index (κ2) is 10.8. The molecule has 6 nitrogen and oxygen atoms in total. The number of nitrogens with one attached hydrogen (secondary N) is 1. The Morgan fingerprint density at radius 2 is 1.57 bits per heavy atom. The fraction of sp³-hybridized carbons (Fsp3) is 0.226. The number of allylic oxidation sites excluding steroid dienone is 1. The zero-order chi connectivity index (χ0) is 25.7. The summed E-state index contributed by atoms with van der Waals surface area (Å²) in [5.74, 6) is 1.26. The number of rotatable bonds is 8. The van der Waals surface area contributed by atoms with Gasteiger partial charge in [0.05, 0.1) is 13.7 Å². The molecule has 0 saturated carbocycles. The molecule has 0 fully saturated rings. The van der Waals surface area contributed by atoms with E-state index in [4.69, 9.17) is 4.74 Å². The van der Waals surface area contributed by atoms with Gasteiger partial charge in [0.25, 0.3) is 0 Å². The van der Waals surface area contributed by atoms with E-state index in [-0.39, 0.29) is 18.3 Å². The van der Waals surface area contributed by atoms with Crippen LogP contribution < -0.4 is 15.7 Å². The Kier molecular flexibility index (Phi) is 7.19. The molecule has 1 aliphatic carbocycles. The van der Waals surface area contributed by atoms with Gasteiger partial charge in [0.2, 0.25) is 0 Å². The first-order chi connectivity index (χ1) is 18.1. The summed E-state index contributed by atoms with van der Waals surface area (Å²) in [4.78, 5) is 17.7. The number of aromatic nitrogens is 2. The minimum Gasteiger partial charge on any atom is -0.497 e. The average molecular weight is 494 g/mol. The standard InChI is InChI=1S/C31H31N3O3/c1-37-28-18-14-26(15-19-28)31(24-8-4-2-5-9-24,25-10-6-3-7-11-25)33-29-20-21-34(30(36)32-29)27-16-12-23(22-35)13-17-27/h2-12,14-15,18-21,27,35H,13,16-17,22H2,1H3,(H,32,33,36). The molecule has 0 spiro atoms. The molecule has 0 amide bonds. The molecule has 37 heavy (non-hydrogen) atoms. The maximum atomic E-state index is 13.2. The second-order valence-electron chi connectivity index (χ2n) is 9.29. The van der Waals surface area contributed by atoms with Gasteiger partial charge in [-0.05, 0) is 59.7 Å². The average Bonchev–Trinajstić information content (AvgIpc) is 2.97. The third kappa shape index (κ3) is 4.93. The van der Waals surface area contributed by atoms with E-state index in [0.29, 0.717) is 12.2 Å². The first kappa shape index (κ1) is 24.5. The number of hydrogen-bond acceptors (Lipinski definition) is 5. The van der Waals surface area contributed by atoms with E-state index in [1.54, 1.807) is 11.7 Å². The fourth-order valence-electron chi connectivity index (χ4n) is 5.16. The molecule has 6 heteroatoms. The van der Waals surface area contributed by atoms with Gasteiger partial charge in [-0.25, -0.2) is 4.79 Å². The van der Waals surface area contributed by atoms with Crippen LogP contribution in [0.5, 0.6) is 5.75 Å². The molecule has 5 rings (SSSR count). The van der Waals surface area contributed by atoms with Crippen LogP contribution in [0, 0.1) is 0 Å². The highest BCUT2D eigenvalue weighted by Gasteiger charge is 2.37. The van der Waals surface area contributed by atoms with E-state index < -0.39 is 5.54 Å². The number of aliphatic hydroxyl groups is 1. The largest absolute Gasteiger partial charge is 0.497 e. The van der Waals surface area contributed by atoms with Crippen molar-refractivity contribution in [2.24, 2.45) is 0 Å². The van der Waals surface area contributed by atoms with E-state index in [2.05, 4.69) is 34.6 Å². The molecule has 1 unspecified atom stereocenters. The summed E-state index contributed by atoms with van der Waals surface area (Å²) < 4.78 is 7.12. The van der Waals surface area contributed by atoms with Crippen LogP contribution in [0.2, 0.25) is 0 Å². The number of nitrogens with zero attached hydrogens (tertiary/aromatic N) is 2. The van der Waals surface area contributed by atoms with E-state index >= 15 is 0 Å². The number of methoxy groups -OCH3 is 1. The molecule has 1 aliphatic rings. The first-order valence-electron chi connectivity index (χ1n) is 12.6. The van der Waals surface area contributed by atoms with Crippen molar-refractivity contribution in [2.45, 2.75) is 30.8 Å². The zero-order valence-corrected chi connectivity index (χ0v) is 20.9. The molecular formula is C31H31N3O3. The van der Waals surface area contributed by atoms with Crippen LogP contribution in [-0.2, 0) is 5.54 Å². The van der Waals surface area contributed by atoms with Crippen LogP contribution in [0.4, 0.5) is 5.82 Å². The van der Waals surface area contributed by atoms with Crippen molar-refractivity contribution in [1.29, 1.82) is 0 Å². The van der Waals surface area contributed by atoms with E-state index in [0.717, 1.165) is 40.9 Å². The molecule has 0 saturated heterocycles. The van der Waals surface area contributed by atoms with Crippen LogP contribution in [0.25, 0.3) is 0 Å². The molecule has 2 N–H and O–H groups in total. The number of aliphatic hydroxyl groups excluding tert-OH is 1. The topological polar surface area (TPSA) is 76.4 Å². The molecule has 0 radical (unpaired) electrons. The summed E-state index contributed by atoms with van der Waals surface area (Å²) >= 11 is 0. The third-order valence-corrected chi connectivity index (χ3v) is 7.16. The van der Waals surface area contributed by atoms with Gasteiger partial charge in [0, 0.05) is 12.2 Å². The van der Waals surface area contributed by atoms with Gasteiger partial charge in [-0.3, -0.25) is 4.57 Å². The fourth-order valence-corrected chi connectivity index (χ4v) is 5.16. The minimum atomic E-state index is -0.802. The quantitative estimate of drug-likeness (QED) is 0.257. The first-order valence-corrected chi connectivity index (χ1v) is 12.6. The van der Waals surface area contributed by atoms with Crippen LogP contribution in [-0.4, -0.2) is 28.4 Å². The Balaban J connectivity index is 1.60. The molecule has 0 aliphatic heterocycles. The van der Waals surface area contributed by atoms with Gasteiger partial charge in [-0.1, -0.05) is 78.9 Å². The van der Waals surface area contributed by atoms with Crippen molar-refractivity contribution < 1.29 is 9.84 Å². The van der Waals surface area contributed by atoms with Crippen molar-refractivity contribution in [2.75, 3.05) is 19.0 Å². The lowest BCUT2D eigenvalue weighted by atomic mass is 9.77. The number of hydrogen-bond donors (Lipinski definition) is 2. The van der Waals surface area contributed by atoms with Crippen LogP contribution >= 0.6 is 0 Å². The predicted molar refractivity (Wildman–Crippen MR) is 146 cm³/mol. The van der Waals surface area contributed by atoms with E-state index in [1.165, 1.54) is 0 Å². The highest BCUT2D eigenvalue weighted by Crippen LogP contribution is 2.40. The second-order valence-corrected chi connectivity index (χ2v) is 9.29. The Hall–Kier alpha value is -4.16. The van der Waals surface area contributed by atoms with Gasteiger partial charge in [0.15, 0.2) is 0 Å². The summed E-state index contributed by atoms with van der Waals surface area (Å²) in [6.07, 6.45) is 6.18. The normalized spacial score (nSPS) is 15.6. The van der Waals surface area contributed by atoms with Gasteiger partial charge in [-0.15, -0.1) is 0 Å². The highest BCUT2D eigenvalue weighted by atomic mass is 16.5. The monoisotopic (exact) mass is 493 g/mol. The van der Waals surface area contributed by atoms with Crippen molar-refractivity contribution in [3.8, 4) is 5.75 Å². The Bertz CT molecular complexity index is 1370. The number of anilines is 1. The lowest BCUT2D eigenvalue weighted by Crippen LogP contribution is -2.39. The highest BCUT2D eigenvalue weighted by molar-refractivity contribution is 5.58. The summed E-state index contributed by atoms with van der Waals surface area (Å²) in [6, 6.07) is 30.3. The molecule has 0 bridgehead atoms. The minimum absolute atomic E-state index is 0.0407. The van der Waals surface area contributed by atoms with E-state index in [1.807, 2.05) is 79.0 Å². The van der Waals surface area contributed by atoms with Crippen LogP contribution in [0.3, 0.4) is 0 Å². The van der Waals surface area contributed by atoms with Gasteiger partial charge >= 0.3 is 5.69 Å². The third-order valence-electron chi connectivity index (χ3n) is 7.16. The molecule has 4 aromatic rings. The van der Waals surface area contributed by atoms with Gasteiger partial charge in [0.1, 0.15) is 17.1 Å². The Morgan fingerprint density at radius 3 is 2.08 bits per heavy atom. The summed E-state index contributed by atoms with van der Waals surface area (Å²) in [7, 11) is 1.65. The van der Waals surface area contributed by atoms with Crippen LogP contribution in [0.15, 0.2) is 114 Å². The van der Waals surface area contributed by atoms with Gasteiger partial charge < -0.3 is 15.2 Å². The zero-order valence-electron chi connectivity index (χ0n) is 20.9. The van der Waals surface area contributed by atoms with Crippen molar-refractivity contribution >= 4 is 5.82 Å². The number of ether oxygens (including phenoxy) is 1. The van der Waals surface area contributed by atoms with Crippen LogP contribution in [0.1, 0.15) is 42.0 Å². The lowest BCUT2D eigenvalue weighted by Gasteiger charge is -2.37. The molecule has 1 aromatic heterocycles. The molecule has 1 atom stereocenters. The molecule has 188 valence electrons. The maximum absolute atomic E-state index is 13.2. The smallest absolute Gasteiger partial charge is 0.349 e. The number of benzene rings is 3. The summed E-state index contributed by atoms with van der Waals surface area (Å²) in [5, 5.41) is 13.0. The molecule has 3 aromatic carbocycles. The predicted octanol–water partition coefficient (Wildman–Crippen LogP) is 5.30. The summed E-state index contributed by atoms with van der Waals surface area (Å²) in [5.41, 5.74) is 2.97. The van der Waals surface area contributed by atoms with Crippen molar-refractivity contribution in [3.63, 3.8) is 0 Å². The van der Waals surface area contributed by atoms with Gasteiger partial charge in [-0.2, -0.15) is 4.98 Å². The molecular weight excluding hydrogens is 462 g/mol.